The molecule has 0 atom stereocenters. The zero-order valence-electron chi connectivity index (χ0n) is 12.0. The van der Waals surface area contributed by atoms with Crippen molar-refractivity contribution in [2.24, 2.45) is 5.84 Å². The molecule has 0 fully saturated rings. The van der Waals surface area contributed by atoms with Gasteiger partial charge in [-0.05, 0) is 26.2 Å². The minimum Gasteiger partial charge on any atom is -0.378 e. The van der Waals surface area contributed by atoms with Crippen LogP contribution >= 0.6 is 0 Å². The Kier molecular flexibility index (Phi) is 6.66. The lowest BCUT2D eigenvalue weighted by atomic mass is 10.2. The lowest BCUT2D eigenvalue weighted by molar-refractivity contribution is -0.137. The molecule has 0 spiro atoms. The first-order valence-corrected chi connectivity index (χ1v) is 6.35. The number of ether oxygens (including phenoxy) is 1. The highest BCUT2D eigenvalue weighted by Crippen LogP contribution is 2.31. The van der Waals surface area contributed by atoms with E-state index in [9.17, 15) is 13.2 Å². The molecule has 0 bridgehead atoms. The number of nitrogens with one attached hydrogen (secondary N) is 2. The average molecular weight is 307 g/mol. The molecule has 1 aromatic rings. The first kappa shape index (κ1) is 17.5. The molecule has 0 aliphatic carbocycles. The van der Waals surface area contributed by atoms with E-state index in [1.54, 1.807) is 0 Å². The molecule has 0 aliphatic heterocycles. The highest BCUT2D eigenvalue weighted by molar-refractivity contribution is 5.49. The first-order valence-electron chi connectivity index (χ1n) is 6.35. The quantitative estimate of drug-likeness (QED) is 0.383. The van der Waals surface area contributed by atoms with Gasteiger partial charge >= 0.3 is 6.18 Å². The molecule has 0 saturated carbocycles. The van der Waals surface area contributed by atoms with Crippen molar-refractivity contribution in [2.75, 3.05) is 51.1 Å². The topological polar surface area (TPSA) is 75.4 Å². The SMILES string of the molecule is CN(C)CCOCCNc1cc(C(F)(F)F)cc(NN)n1. The van der Waals surface area contributed by atoms with Crippen LogP contribution in [0.25, 0.3) is 0 Å². The summed E-state index contributed by atoms with van der Waals surface area (Å²) >= 11 is 0. The molecule has 0 aliphatic rings. The predicted molar refractivity (Wildman–Crippen MR) is 74.9 cm³/mol. The predicted octanol–water partition coefficient (Wildman–Crippen LogP) is 1.38. The molecule has 120 valence electrons. The number of anilines is 2. The Labute approximate surface area is 121 Å². The Balaban J connectivity index is 2.51. The van der Waals surface area contributed by atoms with Crippen LogP contribution in [0.2, 0.25) is 0 Å². The number of hydrogen-bond acceptors (Lipinski definition) is 6. The maximum absolute atomic E-state index is 12.7. The molecule has 0 saturated heterocycles. The Morgan fingerprint density at radius 3 is 2.48 bits per heavy atom. The zero-order chi connectivity index (χ0) is 15.9. The molecular formula is C12H20F3N5O. The number of pyridine rings is 1. The van der Waals surface area contributed by atoms with E-state index in [1.165, 1.54) is 0 Å². The average Bonchev–Trinajstić information content (AvgIpc) is 2.41. The van der Waals surface area contributed by atoms with Gasteiger partial charge in [-0.25, -0.2) is 10.8 Å². The summed E-state index contributed by atoms with van der Waals surface area (Å²) in [6, 6.07) is 1.78. The van der Waals surface area contributed by atoms with Crippen molar-refractivity contribution in [2.45, 2.75) is 6.18 Å². The van der Waals surface area contributed by atoms with Gasteiger partial charge in [-0.1, -0.05) is 0 Å². The lowest BCUT2D eigenvalue weighted by Gasteiger charge is -2.13. The summed E-state index contributed by atoms with van der Waals surface area (Å²) < 4.78 is 43.4. The van der Waals surface area contributed by atoms with Crippen molar-refractivity contribution in [3.8, 4) is 0 Å². The van der Waals surface area contributed by atoms with E-state index in [0.717, 1.165) is 18.7 Å². The van der Waals surface area contributed by atoms with E-state index >= 15 is 0 Å². The number of halogens is 3. The number of nitrogen functional groups attached to an aromatic ring is 1. The number of nitrogens with zero attached hydrogens (tertiary/aromatic N) is 2. The van der Waals surface area contributed by atoms with Crippen LogP contribution in [0.15, 0.2) is 12.1 Å². The third-order valence-electron chi connectivity index (χ3n) is 2.54. The molecule has 1 aromatic heterocycles. The number of hydrogen-bond donors (Lipinski definition) is 3. The van der Waals surface area contributed by atoms with Crippen molar-refractivity contribution < 1.29 is 17.9 Å². The number of rotatable bonds is 8. The number of nitrogens with two attached hydrogens (primary N) is 1. The van der Waals surface area contributed by atoms with Gasteiger partial charge in [0.1, 0.15) is 11.6 Å². The highest BCUT2D eigenvalue weighted by atomic mass is 19.4. The van der Waals surface area contributed by atoms with Crippen LogP contribution in [0.3, 0.4) is 0 Å². The maximum Gasteiger partial charge on any atom is 0.416 e. The van der Waals surface area contributed by atoms with E-state index in [1.807, 2.05) is 19.0 Å². The minimum absolute atomic E-state index is 0.0548. The summed E-state index contributed by atoms with van der Waals surface area (Å²) in [6.45, 7) is 2.06. The molecule has 0 amide bonds. The summed E-state index contributed by atoms with van der Waals surface area (Å²) in [6.07, 6.45) is -4.45. The van der Waals surface area contributed by atoms with Gasteiger partial charge in [0.2, 0.25) is 0 Å². The third kappa shape index (κ3) is 6.61. The van der Waals surface area contributed by atoms with Gasteiger partial charge in [0.15, 0.2) is 0 Å². The third-order valence-corrected chi connectivity index (χ3v) is 2.54. The van der Waals surface area contributed by atoms with Crippen LogP contribution in [0.5, 0.6) is 0 Å². The molecule has 0 unspecified atom stereocenters. The van der Waals surface area contributed by atoms with Gasteiger partial charge in [-0.2, -0.15) is 13.2 Å². The number of likely N-dealkylation sites (N-methyl/N-ethyl adjacent to an activating group) is 1. The fourth-order valence-electron chi connectivity index (χ4n) is 1.46. The van der Waals surface area contributed by atoms with Gasteiger partial charge < -0.3 is 20.4 Å². The normalized spacial score (nSPS) is 11.8. The van der Waals surface area contributed by atoms with Gasteiger partial charge in [0.25, 0.3) is 0 Å². The van der Waals surface area contributed by atoms with E-state index in [4.69, 9.17) is 10.6 Å². The molecule has 1 rings (SSSR count). The summed E-state index contributed by atoms with van der Waals surface area (Å²) in [4.78, 5) is 5.87. The van der Waals surface area contributed by atoms with Crippen LogP contribution in [-0.4, -0.2) is 50.3 Å². The minimum atomic E-state index is -4.45. The fourth-order valence-corrected chi connectivity index (χ4v) is 1.46. The molecular weight excluding hydrogens is 287 g/mol. The summed E-state index contributed by atoms with van der Waals surface area (Å²) in [5.74, 6) is 5.15. The van der Waals surface area contributed by atoms with Crippen LogP contribution in [0.1, 0.15) is 5.56 Å². The second-order valence-corrected chi connectivity index (χ2v) is 4.61. The first-order chi connectivity index (χ1) is 9.82. The van der Waals surface area contributed by atoms with E-state index < -0.39 is 11.7 Å². The molecule has 21 heavy (non-hydrogen) atoms. The number of alkyl halides is 3. The van der Waals surface area contributed by atoms with Crippen LogP contribution < -0.4 is 16.6 Å². The molecule has 1 heterocycles. The largest absolute Gasteiger partial charge is 0.416 e. The molecule has 0 aromatic carbocycles. The Morgan fingerprint density at radius 2 is 1.90 bits per heavy atom. The van der Waals surface area contributed by atoms with Crippen molar-refractivity contribution in [3.63, 3.8) is 0 Å². The van der Waals surface area contributed by atoms with E-state index in [0.29, 0.717) is 19.8 Å². The van der Waals surface area contributed by atoms with Crippen molar-refractivity contribution in [3.05, 3.63) is 17.7 Å². The second kappa shape index (κ2) is 8.01. The van der Waals surface area contributed by atoms with E-state index in [2.05, 4.69) is 15.7 Å². The molecule has 6 nitrogen and oxygen atoms in total. The van der Waals surface area contributed by atoms with Gasteiger partial charge in [0.05, 0.1) is 18.8 Å². The monoisotopic (exact) mass is 307 g/mol. The van der Waals surface area contributed by atoms with Gasteiger partial charge in [0, 0.05) is 13.1 Å². The summed E-state index contributed by atoms with van der Waals surface area (Å²) in [5.41, 5.74) is 1.30. The summed E-state index contributed by atoms with van der Waals surface area (Å²) in [5, 5.41) is 2.77. The highest BCUT2D eigenvalue weighted by Gasteiger charge is 2.31. The van der Waals surface area contributed by atoms with Crippen molar-refractivity contribution in [1.82, 2.24) is 9.88 Å². The van der Waals surface area contributed by atoms with Crippen molar-refractivity contribution in [1.29, 1.82) is 0 Å². The van der Waals surface area contributed by atoms with Crippen molar-refractivity contribution >= 4 is 11.6 Å². The Bertz CT molecular complexity index is 439. The van der Waals surface area contributed by atoms with Gasteiger partial charge in [-0.3, -0.25) is 0 Å². The van der Waals surface area contributed by atoms with Gasteiger partial charge in [-0.15, -0.1) is 0 Å². The fraction of sp³-hybridized carbons (Fsp3) is 0.583. The van der Waals surface area contributed by atoms with Crippen LogP contribution in [0, 0.1) is 0 Å². The van der Waals surface area contributed by atoms with E-state index in [-0.39, 0.29) is 11.6 Å². The molecule has 0 radical (unpaired) electrons. The smallest absolute Gasteiger partial charge is 0.378 e. The molecule has 4 N–H and O–H groups in total. The Morgan fingerprint density at radius 1 is 1.24 bits per heavy atom. The second-order valence-electron chi connectivity index (χ2n) is 4.61. The maximum atomic E-state index is 12.7. The molecule has 9 heteroatoms. The van der Waals surface area contributed by atoms with Crippen LogP contribution in [-0.2, 0) is 10.9 Å². The standard InChI is InChI=1S/C12H20F3N5O/c1-20(2)4-6-21-5-3-17-10-7-9(12(13,14)15)8-11(18-10)19-16/h7-8H,3-6,16H2,1-2H3,(H2,17,18,19). The number of aromatic nitrogens is 1. The summed E-state index contributed by atoms with van der Waals surface area (Å²) in [7, 11) is 3.85. The van der Waals surface area contributed by atoms with Crippen LogP contribution in [0.4, 0.5) is 24.8 Å². The Hall–Kier alpha value is -1.58. The zero-order valence-corrected chi connectivity index (χ0v) is 12.0. The number of hydrazine groups is 1. The lowest BCUT2D eigenvalue weighted by Crippen LogP contribution is -2.20.